The lowest BCUT2D eigenvalue weighted by atomic mass is 10.4. The first-order valence-electron chi connectivity index (χ1n) is 3.06. The van der Waals surface area contributed by atoms with Gasteiger partial charge in [-0.25, -0.2) is 5.21 Å². The molecule has 0 aromatic rings. The van der Waals surface area contributed by atoms with Crippen LogP contribution in [0.3, 0.4) is 0 Å². The van der Waals surface area contributed by atoms with Crippen molar-refractivity contribution in [2.45, 2.75) is 19.9 Å². The van der Waals surface area contributed by atoms with E-state index in [1.54, 1.807) is 14.1 Å². The number of hydrogen-bond donors (Lipinski definition) is 1. The average molecular weight is 166 g/mol. The molecule has 0 fully saturated rings. The molecule has 6 nitrogen and oxygen atoms in total. The maximum Gasteiger partial charge on any atom is 0.113 e. The summed E-state index contributed by atoms with van der Waals surface area (Å²) < 4.78 is 0.0556. The van der Waals surface area contributed by atoms with Crippen LogP contribution in [-0.4, -0.2) is 35.1 Å². The molecule has 0 aromatic carbocycles. The van der Waals surface area contributed by atoms with Crippen molar-refractivity contribution in [2.75, 3.05) is 14.1 Å². The van der Waals surface area contributed by atoms with Gasteiger partial charge >= 0.3 is 0 Å². The number of nitrogens with zero attached hydrogens (tertiary/aromatic N) is 2. The Labute approximate surface area is 65.3 Å². The Hall–Kier alpha value is -0.880. The zero-order valence-corrected chi connectivity index (χ0v) is 7.14. The van der Waals surface area contributed by atoms with Gasteiger partial charge in [-0.05, 0) is 13.8 Å². The summed E-state index contributed by atoms with van der Waals surface area (Å²) in [6.45, 7) is 3.94. The Morgan fingerprint density at radius 1 is 1.36 bits per heavy atom. The normalized spacial score (nSPS) is 10.4. The van der Waals surface area contributed by atoms with Crippen LogP contribution in [0.1, 0.15) is 13.8 Å². The van der Waals surface area contributed by atoms with Gasteiger partial charge in [-0.1, -0.05) is 0 Å². The summed E-state index contributed by atoms with van der Waals surface area (Å²) in [4.78, 5) is 8.25. The minimum Gasteiger partial charge on any atom is -0.356 e. The van der Waals surface area contributed by atoms with Crippen molar-refractivity contribution in [1.82, 2.24) is 0 Å². The lowest BCUT2D eigenvalue weighted by Crippen LogP contribution is -2.41. The van der Waals surface area contributed by atoms with Crippen LogP contribution in [-0.2, 0) is 0 Å². The van der Waals surface area contributed by atoms with E-state index in [4.69, 9.17) is 20.5 Å². The van der Waals surface area contributed by atoms with Gasteiger partial charge in [-0.15, -0.1) is 0 Å². The van der Waals surface area contributed by atoms with Gasteiger partial charge in [0.15, 0.2) is 0 Å². The summed E-state index contributed by atoms with van der Waals surface area (Å²) >= 11 is 0. The highest BCUT2D eigenvalue weighted by atomic mass is 16.9. The van der Waals surface area contributed by atoms with Gasteiger partial charge in [-0.3, -0.25) is 0 Å². The fraction of sp³-hybridized carbons (Fsp3) is 1.00. The van der Waals surface area contributed by atoms with Gasteiger partial charge in [0.2, 0.25) is 0 Å². The topological polar surface area (TPSA) is 86.4 Å². The number of hydroxylamine groups is 3. The van der Waals surface area contributed by atoms with Crippen molar-refractivity contribution in [3.63, 3.8) is 0 Å². The second-order valence-corrected chi connectivity index (χ2v) is 2.80. The molecule has 0 atom stereocenters. The first-order valence-corrected chi connectivity index (χ1v) is 3.06. The predicted molar refractivity (Wildman–Crippen MR) is 39.4 cm³/mol. The molecule has 0 rings (SSSR count). The largest absolute Gasteiger partial charge is 0.356 e. The smallest absolute Gasteiger partial charge is 0.113 e. The molecule has 0 aliphatic rings. The molecule has 1 N–H and O–H groups in total. The van der Waals surface area contributed by atoms with Crippen LogP contribution >= 0.6 is 0 Å². The van der Waals surface area contributed by atoms with E-state index >= 15 is 0 Å². The van der Waals surface area contributed by atoms with E-state index < -0.39 is 5.09 Å². The Balaban J connectivity index is 0. The lowest BCUT2D eigenvalue weighted by molar-refractivity contribution is -1.09. The molecule has 0 aliphatic heterocycles. The summed E-state index contributed by atoms with van der Waals surface area (Å²) in [5, 5.41) is 23.8. The molecule has 0 spiro atoms. The molecular weight excluding hydrogens is 152 g/mol. The summed E-state index contributed by atoms with van der Waals surface area (Å²) in [7, 11) is 3.51. The van der Waals surface area contributed by atoms with E-state index in [0.717, 1.165) is 0 Å². The molecular formula is C5H14N2O4. The highest BCUT2D eigenvalue weighted by Crippen LogP contribution is 1.97. The molecule has 0 aromatic heterocycles. The quantitative estimate of drug-likeness (QED) is 0.351. The summed E-state index contributed by atoms with van der Waals surface area (Å²) in [5.41, 5.74) is 0. The van der Waals surface area contributed by atoms with Crippen molar-refractivity contribution in [3.05, 3.63) is 15.3 Å². The first-order chi connectivity index (χ1) is 4.68. The summed E-state index contributed by atoms with van der Waals surface area (Å²) in [6.07, 6.45) is 0. The van der Waals surface area contributed by atoms with Gasteiger partial charge < -0.3 is 15.3 Å². The third kappa shape index (κ3) is 17.6. The van der Waals surface area contributed by atoms with Crippen molar-refractivity contribution < 1.29 is 14.9 Å². The van der Waals surface area contributed by atoms with Crippen molar-refractivity contribution in [2.24, 2.45) is 0 Å². The summed E-state index contributed by atoms with van der Waals surface area (Å²) in [5.74, 6) is 0. The Kier molecular flexibility index (Phi) is 5.64. The highest BCUT2D eigenvalue weighted by molar-refractivity contribution is 4.28. The van der Waals surface area contributed by atoms with Crippen LogP contribution in [0.5, 0.6) is 0 Å². The van der Waals surface area contributed by atoms with Crippen LogP contribution in [0.4, 0.5) is 0 Å². The number of hydrogen-bond acceptors (Lipinski definition) is 4. The van der Waals surface area contributed by atoms with Gasteiger partial charge in [0, 0.05) is 0 Å². The van der Waals surface area contributed by atoms with Crippen molar-refractivity contribution >= 4 is 0 Å². The van der Waals surface area contributed by atoms with Gasteiger partial charge in [0.1, 0.15) is 6.04 Å². The minimum atomic E-state index is -1.75. The van der Waals surface area contributed by atoms with E-state index in [9.17, 15) is 0 Å². The Bertz CT molecular complexity index is 114. The molecule has 0 bridgehead atoms. The fourth-order valence-corrected chi connectivity index (χ4v) is 0. The maximum absolute atomic E-state index is 9.03. The maximum atomic E-state index is 9.03. The molecule has 6 heteroatoms. The standard InChI is InChI=1S/C5H14NO.NO3/c1-5(2)6(3,4)7;2-1(3)4/h5,7H,1-4H3;/q+1;-1. The van der Waals surface area contributed by atoms with Gasteiger partial charge in [0.05, 0.1) is 19.2 Å². The van der Waals surface area contributed by atoms with Crippen LogP contribution in [0.25, 0.3) is 0 Å². The minimum absolute atomic E-state index is 0.0556. The SMILES string of the molecule is CC(C)[N+](C)(C)O.O=[N+]([O-])[O-]. The monoisotopic (exact) mass is 166 g/mol. The van der Waals surface area contributed by atoms with Gasteiger partial charge in [0.25, 0.3) is 0 Å². The van der Waals surface area contributed by atoms with E-state index in [1.165, 1.54) is 0 Å². The zero-order chi connectivity index (χ0) is 9.65. The fourth-order valence-electron chi connectivity index (χ4n) is 0. The molecule has 0 saturated carbocycles. The first kappa shape index (κ1) is 12.8. The summed E-state index contributed by atoms with van der Waals surface area (Å²) in [6, 6.07) is 0.292. The molecule has 0 aliphatic carbocycles. The van der Waals surface area contributed by atoms with E-state index in [0.29, 0.717) is 6.04 Å². The highest BCUT2D eigenvalue weighted by Gasteiger charge is 2.14. The molecule has 0 radical (unpaired) electrons. The lowest BCUT2D eigenvalue weighted by Gasteiger charge is -2.23. The molecule has 11 heavy (non-hydrogen) atoms. The van der Waals surface area contributed by atoms with E-state index in [1.807, 2.05) is 13.8 Å². The van der Waals surface area contributed by atoms with Crippen LogP contribution in [0.2, 0.25) is 0 Å². The number of quaternary nitrogens is 1. The van der Waals surface area contributed by atoms with Crippen LogP contribution in [0, 0.1) is 15.3 Å². The second-order valence-electron chi connectivity index (χ2n) is 2.80. The van der Waals surface area contributed by atoms with E-state index in [-0.39, 0.29) is 4.65 Å². The zero-order valence-electron chi connectivity index (χ0n) is 7.14. The van der Waals surface area contributed by atoms with E-state index in [2.05, 4.69) is 0 Å². The second kappa shape index (κ2) is 4.86. The molecule has 68 valence electrons. The van der Waals surface area contributed by atoms with Crippen LogP contribution < -0.4 is 0 Å². The molecule has 0 heterocycles. The molecule has 0 amide bonds. The third-order valence-corrected chi connectivity index (χ3v) is 1.26. The van der Waals surface area contributed by atoms with Gasteiger partial charge in [-0.2, -0.15) is 4.65 Å². The Morgan fingerprint density at radius 2 is 1.45 bits per heavy atom. The average Bonchev–Trinajstić information content (AvgIpc) is 1.59. The molecule has 0 unspecified atom stereocenters. The van der Waals surface area contributed by atoms with Crippen molar-refractivity contribution in [3.8, 4) is 0 Å². The number of rotatable bonds is 1. The van der Waals surface area contributed by atoms with Crippen molar-refractivity contribution in [1.29, 1.82) is 0 Å². The Morgan fingerprint density at radius 3 is 1.45 bits per heavy atom. The van der Waals surface area contributed by atoms with Crippen LogP contribution in [0.15, 0.2) is 0 Å². The predicted octanol–water partition coefficient (Wildman–Crippen LogP) is 0.621. The molecule has 0 saturated heterocycles. The third-order valence-electron chi connectivity index (χ3n) is 1.26.